The van der Waals surface area contributed by atoms with E-state index >= 15 is 0 Å². The van der Waals surface area contributed by atoms with Crippen LogP contribution in [0.1, 0.15) is 126 Å². The summed E-state index contributed by atoms with van der Waals surface area (Å²) in [6.07, 6.45) is 8.54. The molecule has 0 aliphatic heterocycles. The van der Waals surface area contributed by atoms with Crippen LogP contribution in [0.5, 0.6) is 0 Å². The number of hydrogen-bond acceptors (Lipinski definition) is 6. The molecule has 1 rings (SSSR count). The van der Waals surface area contributed by atoms with E-state index in [0.717, 1.165) is 57.8 Å². The van der Waals surface area contributed by atoms with Gasteiger partial charge in [-0.1, -0.05) is 53.9 Å². The van der Waals surface area contributed by atoms with Crippen molar-refractivity contribution < 1.29 is 28.5 Å². The molecule has 0 bridgehead atoms. The van der Waals surface area contributed by atoms with E-state index in [9.17, 15) is 9.59 Å². The zero-order chi connectivity index (χ0) is 25.8. The first-order chi connectivity index (χ1) is 16.0. The fourth-order valence-corrected chi connectivity index (χ4v) is 4.76. The quantitative estimate of drug-likeness (QED) is 0.134. The summed E-state index contributed by atoms with van der Waals surface area (Å²) >= 11 is 0. The number of carbonyl (C=O) groups is 2. The zero-order valence-corrected chi connectivity index (χ0v) is 23.3. The molecule has 34 heavy (non-hydrogen) atoms. The minimum atomic E-state index is -0.647. The topological polar surface area (TPSA) is 71.1 Å². The molecular weight excluding hydrogens is 432 g/mol. The summed E-state index contributed by atoms with van der Waals surface area (Å²) in [4.78, 5) is 25.6. The Morgan fingerprint density at radius 1 is 0.794 bits per heavy atom. The molecule has 6 nitrogen and oxygen atoms in total. The van der Waals surface area contributed by atoms with Crippen LogP contribution < -0.4 is 0 Å². The van der Waals surface area contributed by atoms with E-state index in [1.54, 1.807) is 6.92 Å². The molecular formula is C28H52O6. The molecule has 0 heterocycles. The van der Waals surface area contributed by atoms with Gasteiger partial charge in [-0.05, 0) is 70.1 Å². The number of carbonyl (C=O) groups excluding carboxylic acids is 2. The van der Waals surface area contributed by atoms with Gasteiger partial charge in [0.2, 0.25) is 0 Å². The lowest BCUT2D eigenvalue weighted by Gasteiger charge is -2.37. The van der Waals surface area contributed by atoms with Crippen molar-refractivity contribution in [1.29, 1.82) is 0 Å². The van der Waals surface area contributed by atoms with Crippen molar-refractivity contribution in [2.24, 2.45) is 10.8 Å². The van der Waals surface area contributed by atoms with E-state index < -0.39 is 11.9 Å². The highest BCUT2D eigenvalue weighted by atomic mass is 16.7. The summed E-state index contributed by atoms with van der Waals surface area (Å²) in [5.41, 5.74) is -0.669. The van der Waals surface area contributed by atoms with Crippen molar-refractivity contribution in [3.8, 4) is 0 Å². The molecule has 1 saturated carbocycles. The molecule has 2 unspecified atom stereocenters. The monoisotopic (exact) mass is 484 g/mol. The Labute approximate surface area is 208 Å². The normalized spacial score (nSPS) is 18.2. The lowest BCUT2D eigenvalue weighted by Crippen LogP contribution is -2.36. The van der Waals surface area contributed by atoms with Gasteiger partial charge in [0.15, 0.2) is 6.29 Å². The largest absolute Gasteiger partial charge is 0.459 e. The van der Waals surface area contributed by atoms with Crippen molar-refractivity contribution in [3.05, 3.63) is 0 Å². The predicted octanol–water partition coefficient (Wildman–Crippen LogP) is 6.98. The maximum atomic E-state index is 12.8. The first-order valence-corrected chi connectivity index (χ1v) is 13.6. The van der Waals surface area contributed by atoms with Gasteiger partial charge in [-0.3, -0.25) is 9.59 Å². The molecule has 6 heteroatoms. The van der Waals surface area contributed by atoms with Gasteiger partial charge in [0.05, 0.1) is 32.2 Å². The van der Waals surface area contributed by atoms with Crippen LogP contribution in [0.2, 0.25) is 0 Å². The second kappa shape index (κ2) is 14.4. The van der Waals surface area contributed by atoms with Gasteiger partial charge in [-0.25, -0.2) is 0 Å². The van der Waals surface area contributed by atoms with E-state index in [-0.39, 0.29) is 41.7 Å². The summed E-state index contributed by atoms with van der Waals surface area (Å²) in [6.45, 7) is 17.3. The summed E-state index contributed by atoms with van der Waals surface area (Å²) in [7, 11) is 0. The fourth-order valence-electron chi connectivity index (χ4n) is 4.76. The standard InChI is InChI=1S/C28H52O6/c1-9-26(7,10-2)22(5)31-18-19-32-23(6)33-24(29)20-28(16-14-13-15-17-28)21-25(30)34-27(8,11-3)12-4/h22-23H,9-21H2,1-8H3. The third-order valence-electron chi connectivity index (χ3n) is 8.51. The van der Waals surface area contributed by atoms with Gasteiger partial charge >= 0.3 is 11.9 Å². The van der Waals surface area contributed by atoms with Crippen LogP contribution in [0.15, 0.2) is 0 Å². The molecule has 200 valence electrons. The average Bonchev–Trinajstić information content (AvgIpc) is 2.81. The highest BCUT2D eigenvalue weighted by Gasteiger charge is 2.39. The number of hydrogen-bond donors (Lipinski definition) is 0. The molecule has 0 amide bonds. The number of ether oxygens (including phenoxy) is 4. The molecule has 0 aromatic rings. The lowest BCUT2D eigenvalue weighted by molar-refractivity contribution is -0.182. The Bertz CT molecular complexity index is 602. The number of rotatable bonds is 16. The van der Waals surface area contributed by atoms with Gasteiger partial charge in [0.1, 0.15) is 5.60 Å². The summed E-state index contributed by atoms with van der Waals surface area (Å²) < 4.78 is 23.0. The Kier molecular flexibility index (Phi) is 13.1. The third kappa shape index (κ3) is 9.85. The number of esters is 2. The highest BCUT2D eigenvalue weighted by Crippen LogP contribution is 2.43. The molecule has 0 spiro atoms. The van der Waals surface area contributed by atoms with Gasteiger partial charge in [0, 0.05) is 0 Å². The summed E-state index contributed by atoms with van der Waals surface area (Å²) in [6, 6.07) is 0. The van der Waals surface area contributed by atoms with Crippen molar-refractivity contribution in [2.45, 2.75) is 144 Å². The van der Waals surface area contributed by atoms with E-state index in [4.69, 9.17) is 18.9 Å². The highest BCUT2D eigenvalue weighted by molar-refractivity contribution is 5.74. The SMILES string of the molecule is CCC(C)(CC)OC(=O)CC1(CC(=O)OC(C)OCCOC(C)C(C)(CC)CC)CCCCC1. The Morgan fingerprint density at radius 3 is 1.85 bits per heavy atom. The first-order valence-electron chi connectivity index (χ1n) is 13.6. The summed E-state index contributed by atoms with van der Waals surface area (Å²) in [5.74, 6) is -0.516. The van der Waals surface area contributed by atoms with Gasteiger partial charge in [-0.15, -0.1) is 0 Å². The smallest absolute Gasteiger partial charge is 0.308 e. The minimum absolute atomic E-state index is 0.136. The predicted molar refractivity (Wildman–Crippen MR) is 135 cm³/mol. The Morgan fingerprint density at radius 2 is 1.32 bits per heavy atom. The second-order valence-electron chi connectivity index (χ2n) is 10.8. The minimum Gasteiger partial charge on any atom is -0.459 e. The molecule has 0 radical (unpaired) electrons. The van der Waals surface area contributed by atoms with Crippen molar-refractivity contribution >= 4 is 11.9 Å². The third-order valence-corrected chi connectivity index (χ3v) is 8.51. The van der Waals surface area contributed by atoms with Crippen LogP contribution in [0, 0.1) is 10.8 Å². The molecule has 0 aromatic carbocycles. The van der Waals surface area contributed by atoms with E-state index in [0.29, 0.717) is 13.2 Å². The lowest BCUT2D eigenvalue weighted by atomic mass is 9.69. The van der Waals surface area contributed by atoms with Crippen molar-refractivity contribution in [3.63, 3.8) is 0 Å². The molecule has 0 N–H and O–H groups in total. The molecule has 1 aliphatic carbocycles. The Hall–Kier alpha value is -1.14. The van der Waals surface area contributed by atoms with Crippen LogP contribution in [-0.2, 0) is 28.5 Å². The van der Waals surface area contributed by atoms with Crippen molar-refractivity contribution in [1.82, 2.24) is 0 Å². The van der Waals surface area contributed by atoms with Gasteiger partial charge in [-0.2, -0.15) is 0 Å². The van der Waals surface area contributed by atoms with Crippen LogP contribution in [0.3, 0.4) is 0 Å². The van der Waals surface area contributed by atoms with Gasteiger partial charge in [0.25, 0.3) is 0 Å². The average molecular weight is 485 g/mol. The van der Waals surface area contributed by atoms with E-state index in [1.807, 2.05) is 20.8 Å². The van der Waals surface area contributed by atoms with Crippen LogP contribution in [-0.4, -0.2) is 43.1 Å². The summed E-state index contributed by atoms with van der Waals surface area (Å²) in [5, 5.41) is 0. The molecule has 0 saturated heterocycles. The zero-order valence-electron chi connectivity index (χ0n) is 23.3. The molecule has 1 fully saturated rings. The van der Waals surface area contributed by atoms with E-state index in [1.165, 1.54) is 0 Å². The van der Waals surface area contributed by atoms with Crippen LogP contribution in [0.25, 0.3) is 0 Å². The molecule has 0 aromatic heterocycles. The second-order valence-corrected chi connectivity index (χ2v) is 10.8. The van der Waals surface area contributed by atoms with Crippen LogP contribution >= 0.6 is 0 Å². The molecule has 1 aliphatic rings. The maximum absolute atomic E-state index is 12.8. The maximum Gasteiger partial charge on any atom is 0.308 e. The van der Waals surface area contributed by atoms with Crippen LogP contribution in [0.4, 0.5) is 0 Å². The Balaban J connectivity index is 2.54. The van der Waals surface area contributed by atoms with E-state index in [2.05, 4.69) is 27.7 Å². The molecule has 2 atom stereocenters. The van der Waals surface area contributed by atoms with Gasteiger partial charge < -0.3 is 18.9 Å². The fraction of sp³-hybridized carbons (Fsp3) is 0.929. The first kappa shape index (κ1) is 30.9. The van der Waals surface area contributed by atoms with Crippen molar-refractivity contribution in [2.75, 3.05) is 13.2 Å².